The number of morpholine rings is 1. The number of nitrogens with one attached hydrogen (secondary N) is 1. The van der Waals surface area contributed by atoms with Crippen LogP contribution >= 0.6 is 11.8 Å². The van der Waals surface area contributed by atoms with Gasteiger partial charge in [0, 0.05) is 23.9 Å². The molecule has 1 aromatic rings. The number of likely N-dealkylation sites (tertiary alicyclic amines) is 1. The quantitative estimate of drug-likeness (QED) is 0.727. The van der Waals surface area contributed by atoms with Gasteiger partial charge in [-0.15, -0.1) is 0 Å². The number of carbonyl (C=O) groups is 2. The van der Waals surface area contributed by atoms with Gasteiger partial charge in [0.2, 0.25) is 11.8 Å². The number of halogens is 2. The summed E-state index contributed by atoms with van der Waals surface area (Å²) in [7, 11) is 0. The maximum absolute atomic E-state index is 12.7. The molecule has 2 saturated heterocycles. The van der Waals surface area contributed by atoms with Crippen LogP contribution in [0, 0.1) is 5.92 Å². The summed E-state index contributed by atoms with van der Waals surface area (Å²) in [4.78, 5) is 29.1. The molecule has 0 radical (unpaired) electrons. The first kappa shape index (κ1) is 21.0. The van der Waals surface area contributed by atoms with E-state index in [1.807, 2.05) is 9.80 Å². The van der Waals surface area contributed by atoms with E-state index in [1.54, 1.807) is 24.3 Å². The fourth-order valence-corrected chi connectivity index (χ4v) is 4.14. The minimum Gasteiger partial charge on any atom is -0.378 e. The van der Waals surface area contributed by atoms with Gasteiger partial charge < -0.3 is 15.0 Å². The minimum absolute atomic E-state index is 0.000536. The predicted octanol–water partition coefficient (Wildman–Crippen LogP) is 2.51. The lowest BCUT2D eigenvalue weighted by Crippen LogP contribution is -2.47. The average molecular weight is 413 g/mol. The number of hydrogen-bond acceptors (Lipinski definition) is 5. The molecule has 9 heteroatoms. The molecule has 6 nitrogen and oxygen atoms in total. The summed E-state index contributed by atoms with van der Waals surface area (Å²) in [5, 5.41) is 2.73. The van der Waals surface area contributed by atoms with Gasteiger partial charge in [-0.05, 0) is 38.1 Å². The van der Waals surface area contributed by atoms with Crippen molar-refractivity contribution in [1.82, 2.24) is 9.80 Å². The van der Waals surface area contributed by atoms with Gasteiger partial charge in [0.05, 0.1) is 25.4 Å². The molecule has 0 aliphatic carbocycles. The first-order chi connectivity index (χ1) is 13.5. The monoisotopic (exact) mass is 413 g/mol. The summed E-state index contributed by atoms with van der Waals surface area (Å²) in [5.74, 6) is -2.59. The van der Waals surface area contributed by atoms with E-state index in [-0.39, 0.29) is 24.3 Å². The highest BCUT2D eigenvalue weighted by Gasteiger charge is 2.30. The highest BCUT2D eigenvalue weighted by Crippen LogP contribution is 2.31. The summed E-state index contributed by atoms with van der Waals surface area (Å²) < 4.78 is 30.6. The molecule has 2 heterocycles. The van der Waals surface area contributed by atoms with Crippen molar-refractivity contribution in [3.63, 3.8) is 0 Å². The van der Waals surface area contributed by atoms with Gasteiger partial charge in [0.1, 0.15) is 0 Å². The molecule has 154 valence electrons. The third-order valence-electron chi connectivity index (χ3n) is 5.00. The summed E-state index contributed by atoms with van der Waals surface area (Å²) >= 11 is 0.417. The lowest BCUT2D eigenvalue weighted by Gasteiger charge is -2.35. The van der Waals surface area contributed by atoms with E-state index < -0.39 is 5.76 Å². The maximum atomic E-state index is 12.7. The Kier molecular flexibility index (Phi) is 7.64. The number of piperidine rings is 1. The Morgan fingerprint density at radius 3 is 2.50 bits per heavy atom. The van der Waals surface area contributed by atoms with Crippen LogP contribution in [0.15, 0.2) is 29.2 Å². The molecule has 0 unspecified atom stereocenters. The molecule has 28 heavy (non-hydrogen) atoms. The molecule has 2 aliphatic rings. The zero-order valence-electron chi connectivity index (χ0n) is 15.6. The molecule has 0 aromatic heterocycles. The molecule has 0 spiro atoms. The Bertz CT molecular complexity index is 678. The van der Waals surface area contributed by atoms with E-state index in [0.29, 0.717) is 61.7 Å². The number of hydrogen-bond donors (Lipinski definition) is 1. The number of carbonyl (C=O) groups excluding carboxylic acids is 2. The van der Waals surface area contributed by atoms with Crippen molar-refractivity contribution in [2.75, 3.05) is 51.3 Å². The number of rotatable bonds is 6. The third kappa shape index (κ3) is 5.89. The number of alkyl halides is 2. The number of benzene rings is 1. The van der Waals surface area contributed by atoms with Crippen molar-refractivity contribution < 1.29 is 23.1 Å². The van der Waals surface area contributed by atoms with Crippen LogP contribution in [0.1, 0.15) is 12.8 Å². The Morgan fingerprint density at radius 2 is 1.82 bits per heavy atom. The van der Waals surface area contributed by atoms with Crippen molar-refractivity contribution in [2.45, 2.75) is 23.5 Å². The van der Waals surface area contributed by atoms with Crippen molar-refractivity contribution in [2.24, 2.45) is 5.92 Å². The fourth-order valence-electron chi connectivity index (χ4n) is 3.54. The summed E-state index contributed by atoms with van der Waals surface area (Å²) in [5.41, 5.74) is 0.398. The predicted molar refractivity (Wildman–Crippen MR) is 103 cm³/mol. The Labute approximate surface area is 167 Å². The van der Waals surface area contributed by atoms with Crippen molar-refractivity contribution in [1.29, 1.82) is 0 Å². The molecule has 0 saturated carbocycles. The number of ether oxygens (including phenoxy) is 1. The van der Waals surface area contributed by atoms with Crippen LogP contribution in [0.5, 0.6) is 0 Å². The van der Waals surface area contributed by atoms with E-state index in [0.717, 1.165) is 12.8 Å². The minimum atomic E-state index is -2.54. The molecular formula is C19H25F2N3O3S. The van der Waals surface area contributed by atoms with Gasteiger partial charge in [-0.2, -0.15) is 8.78 Å². The second-order valence-electron chi connectivity index (χ2n) is 6.91. The zero-order valence-corrected chi connectivity index (χ0v) is 16.4. The number of amides is 2. The lowest BCUT2D eigenvalue weighted by molar-refractivity contribution is -0.141. The lowest BCUT2D eigenvalue weighted by atomic mass is 9.95. The molecule has 0 bridgehead atoms. The van der Waals surface area contributed by atoms with Crippen LogP contribution in [0.2, 0.25) is 0 Å². The third-order valence-corrected chi connectivity index (χ3v) is 5.79. The molecule has 0 atom stereocenters. The summed E-state index contributed by atoms with van der Waals surface area (Å²) in [6, 6.07) is 6.55. The van der Waals surface area contributed by atoms with Crippen LogP contribution in [0.3, 0.4) is 0 Å². The summed E-state index contributed by atoms with van der Waals surface area (Å²) in [6.07, 6.45) is 1.45. The fraction of sp³-hybridized carbons (Fsp3) is 0.579. The van der Waals surface area contributed by atoms with Crippen LogP contribution in [0.4, 0.5) is 14.5 Å². The Balaban J connectivity index is 1.46. The molecule has 2 amide bonds. The normalized spacial score (nSPS) is 19.0. The van der Waals surface area contributed by atoms with E-state index in [4.69, 9.17) is 4.74 Å². The number of anilines is 1. The SMILES string of the molecule is O=C(CN1CCC(C(=O)N2CCOCC2)CC1)Nc1ccccc1SC(F)F. The molecular weight excluding hydrogens is 388 g/mol. The van der Waals surface area contributed by atoms with Crippen LogP contribution in [-0.2, 0) is 14.3 Å². The Morgan fingerprint density at radius 1 is 1.14 bits per heavy atom. The number of nitrogens with zero attached hydrogens (tertiary/aromatic N) is 2. The zero-order chi connectivity index (χ0) is 19.9. The average Bonchev–Trinajstić information content (AvgIpc) is 2.70. The molecule has 2 aliphatic heterocycles. The van der Waals surface area contributed by atoms with E-state index in [9.17, 15) is 18.4 Å². The van der Waals surface area contributed by atoms with E-state index in [2.05, 4.69) is 5.32 Å². The van der Waals surface area contributed by atoms with Crippen LogP contribution in [-0.4, -0.2) is 73.3 Å². The number of thioether (sulfide) groups is 1. The second-order valence-corrected chi connectivity index (χ2v) is 7.94. The second kappa shape index (κ2) is 10.2. The molecule has 1 aromatic carbocycles. The smallest absolute Gasteiger partial charge is 0.288 e. The molecule has 2 fully saturated rings. The van der Waals surface area contributed by atoms with E-state index in [1.165, 1.54) is 0 Å². The number of para-hydroxylation sites is 1. The van der Waals surface area contributed by atoms with Crippen LogP contribution < -0.4 is 5.32 Å². The van der Waals surface area contributed by atoms with Crippen molar-refractivity contribution in [3.05, 3.63) is 24.3 Å². The topological polar surface area (TPSA) is 61.9 Å². The van der Waals surface area contributed by atoms with E-state index >= 15 is 0 Å². The van der Waals surface area contributed by atoms with Crippen molar-refractivity contribution >= 4 is 29.3 Å². The van der Waals surface area contributed by atoms with Gasteiger partial charge in [-0.25, -0.2) is 0 Å². The molecule has 1 N–H and O–H groups in total. The highest BCUT2D eigenvalue weighted by molar-refractivity contribution is 7.99. The van der Waals surface area contributed by atoms with Crippen LogP contribution in [0.25, 0.3) is 0 Å². The van der Waals surface area contributed by atoms with Gasteiger partial charge >= 0.3 is 0 Å². The largest absolute Gasteiger partial charge is 0.378 e. The molecule has 3 rings (SSSR count). The van der Waals surface area contributed by atoms with Crippen molar-refractivity contribution in [3.8, 4) is 0 Å². The van der Waals surface area contributed by atoms with Gasteiger partial charge in [-0.3, -0.25) is 14.5 Å². The maximum Gasteiger partial charge on any atom is 0.288 e. The standard InChI is InChI=1S/C19H25F2N3O3S/c20-19(21)28-16-4-2-1-3-15(16)22-17(25)13-23-7-5-14(6-8-23)18(26)24-9-11-27-12-10-24/h1-4,14,19H,5-13H2,(H,22,25). The van der Waals surface area contributed by atoms with Gasteiger partial charge in [0.25, 0.3) is 5.76 Å². The van der Waals surface area contributed by atoms with Gasteiger partial charge in [-0.1, -0.05) is 23.9 Å². The first-order valence-corrected chi connectivity index (χ1v) is 10.3. The highest BCUT2D eigenvalue weighted by atomic mass is 32.2. The first-order valence-electron chi connectivity index (χ1n) is 9.45. The van der Waals surface area contributed by atoms with Gasteiger partial charge in [0.15, 0.2) is 0 Å². The Hall–Kier alpha value is -1.71. The summed E-state index contributed by atoms with van der Waals surface area (Å²) in [6.45, 7) is 4.01.